The number of aliphatic imine (C=N–C) groups is 1. The van der Waals surface area contributed by atoms with Crippen molar-refractivity contribution in [3.8, 4) is 0 Å². The maximum atomic E-state index is 12.2. The summed E-state index contributed by atoms with van der Waals surface area (Å²) >= 11 is 6.11. The first-order valence-corrected chi connectivity index (χ1v) is 7.43. The van der Waals surface area contributed by atoms with Gasteiger partial charge in [-0.2, -0.15) is 4.99 Å². The summed E-state index contributed by atoms with van der Waals surface area (Å²) in [5.41, 5.74) is 7.34. The van der Waals surface area contributed by atoms with E-state index < -0.39 is 6.17 Å². The fraction of sp³-hybridized carbons (Fsp3) is 0.0625. The first-order chi connectivity index (χ1) is 11.1. The van der Waals surface area contributed by atoms with Crippen molar-refractivity contribution < 1.29 is 4.57 Å². The Balaban J connectivity index is 2.05. The predicted molar refractivity (Wildman–Crippen MR) is 89.6 cm³/mol. The molecule has 1 aliphatic heterocycles. The lowest BCUT2D eigenvalue weighted by Crippen LogP contribution is -2.51. The highest BCUT2D eigenvalue weighted by Crippen LogP contribution is 2.23. The van der Waals surface area contributed by atoms with Gasteiger partial charge in [-0.3, -0.25) is 4.79 Å². The molecule has 0 amide bonds. The Kier molecular flexibility index (Phi) is 3.06. The van der Waals surface area contributed by atoms with Gasteiger partial charge in [-0.15, -0.1) is 0 Å². The molecule has 2 heterocycles. The molecule has 4 rings (SSSR count). The molecule has 7 heteroatoms. The molecule has 4 N–H and O–H groups in total. The second kappa shape index (κ2) is 5.10. The van der Waals surface area contributed by atoms with Crippen LogP contribution in [0.3, 0.4) is 0 Å². The summed E-state index contributed by atoms with van der Waals surface area (Å²) in [6, 6.07) is 14.8. The maximum absolute atomic E-state index is 12.2. The highest BCUT2D eigenvalue weighted by Gasteiger charge is 2.30. The number of hydrogen-bond acceptors (Lipinski definition) is 4. The summed E-state index contributed by atoms with van der Waals surface area (Å²) in [6.07, 6.45) is -0.410. The SMILES string of the molecule is NC1=N[C@@H](c2cccc(Cl)c2)[n+]2c([nH]c(=O)c3ccccc32)N1. The van der Waals surface area contributed by atoms with Crippen molar-refractivity contribution in [2.24, 2.45) is 10.7 Å². The molecule has 3 aromatic rings. The summed E-state index contributed by atoms with van der Waals surface area (Å²) in [4.78, 5) is 19.5. The number of para-hydroxylation sites is 1. The number of rotatable bonds is 1. The number of halogens is 1. The fourth-order valence-corrected chi connectivity index (χ4v) is 3.01. The number of guanidine groups is 1. The topological polar surface area (TPSA) is 87.2 Å². The number of aromatic amines is 1. The van der Waals surface area contributed by atoms with Crippen LogP contribution in [0.25, 0.3) is 10.9 Å². The Labute approximate surface area is 136 Å². The average Bonchev–Trinajstić information content (AvgIpc) is 2.54. The minimum Gasteiger partial charge on any atom is -0.357 e. The van der Waals surface area contributed by atoms with Crippen molar-refractivity contribution in [1.82, 2.24) is 4.98 Å². The Bertz CT molecular complexity index is 1010. The van der Waals surface area contributed by atoms with E-state index in [0.29, 0.717) is 16.4 Å². The summed E-state index contributed by atoms with van der Waals surface area (Å²) in [7, 11) is 0. The third kappa shape index (κ3) is 2.24. The van der Waals surface area contributed by atoms with Crippen molar-refractivity contribution in [2.75, 3.05) is 5.32 Å². The van der Waals surface area contributed by atoms with Crippen molar-refractivity contribution >= 4 is 34.4 Å². The van der Waals surface area contributed by atoms with E-state index in [4.69, 9.17) is 17.3 Å². The van der Waals surface area contributed by atoms with E-state index in [1.54, 1.807) is 12.1 Å². The minimum atomic E-state index is -0.410. The molecule has 0 saturated carbocycles. The van der Waals surface area contributed by atoms with Gasteiger partial charge in [0.2, 0.25) is 6.17 Å². The zero-order chi connectivity index (χ0) is 16.0. The van der Waals surface area contributed by atoms with Crippen LogP contribution in [0.4, 0.5) is 5.95 Å². The van der Waals surface area contributed by atoms with E-state index in [2.05, 4.69) is 15.3 Å². The highest BCUT2D eigenvalue weighted by atomic mass is 35.5. The van der Waals surface area contributed by atoms with E-state index >= 15 is 0 Å². The van der Waals surface area contributed by atoms with Crippen LogP contribution in [-0.4, -0.2) is 10.9 Å². The molecule has 0 radical (unpaired) electrons. The zero-order valence-electron chi connectivity index (χ0n) is 12.0. The van der Waals surface area contributed by atoms with Crippen LogP contribution in [0.15, 0.2) is 58.3 Å². The lowest BCUT2D eigenvalue weighted by Gasteiger charge is -2.21. The third-order valence-corrected chi connectivity index (χ3v) is 4.02. The normalized spacial score (nSPS) is 16.6. The number of benzene rings is 2. The smallest absolute Gasteiger partial charge is 0.357 e. The van der Waals surface area contributed by atoms with Crippen LogP contribution in [0.5, 0.6) is 0 Å². The predicted octanol–water partition coefficient (Wildman–Crippen LogP) is 1.76. The monoisotopic (exact) mass is 326 g/mol. The molecule has 0 bridgehead atoms. The molecule has 6 nitrogen and oxygen atoms in total. The molecular formula is C16H13ClN5O+. The van der Waals surface area contributed by atoms with E-state index in [1.165, 1.54) is 0 Å². The van der Waals surface area contributed by atoms with Gasteiger partial charge in [-0.1, -0.05) is 35.9 Å². The number of anilines is 1. The molecule has 2 aromatic carbocycles. The Morgan fingerprint density at radius 3 is 2.83 bits per heavy atom. The van der Waals surface area contributed by atoms with Crippen molar-refractivity contribution in [1.29, 1.82) is 0 Å². The quantitative estimate of drug-likeness (QED) is 0.595. The largest absolute Gasteiger partial charge is 0.367 e. The van der Waals surface area contributed by atoms with Gasteiger partial charge in [0.25, 0.3) is 5.96 Å². The molecule has 1 aliphatic rings. The van der Waals surface area contributed by atoms with Gasteiger partial charge < -0.3 is 5.73 Å². The van der Waals surface area contributed by atoms with Gasteiger partial charge in [0, 0.05) is 10.6 Å². The first-order valence-electron chi connectivity index (χ1n) is 7.06. The van der Waals surface area contributed by atoms with Crippen molar-refractivity contribution in [2.45, 2.75) is 6.17 Å². The molecule has 0 unspecified atom stereocenters. The lowest BCUT2D eigenvalue weighted by molar-refractivity contribution is -0.677. The molecule has 23 heavy (non-hydrogen) atoms. The molecule has 1 atom stereocenters. The Morgan fingerprint density at radius 2 is 2.00 bits per heavy atom. The van der Waals surface area contributed by atoms with Crippen LogP contribution in [-0.2, 0) is 0 Å². The third-order valence-electron chi connectivity index (χ3n) is 3.78. The number of nitrogens with one attached hydrogen (secondary N) is 2. The summed E-state index contributed by atoms with van der Waals surface area (Å²) < 4.78 is 1.90. The summed E-state index contributed by atoms with van der Waals surface area (Å²) in [5.74, 6) is 0.729. The second-order valence-electron chi connectivity index (χ2n) is 5.26. The van der Waals surface area contributed by atoms with Gasteiger partial charge in [-0.05, 0) is 24.3 Å². The fourth-order valence-electron chi connectivity index (χ4n) is 2.81. The van der Waals surface area contributed by atoms with Crippen LogP contribution < -0.4 is 21.2 Å². The van der Waals surface area contributed by atoms with Gasteiger partial charge in [0.1, 0.15) is 5.52 Å². The lowest BCUT2D eigenvalue weighted by atomic mass is 10.1. The number of nitrogens with two attached hydrogens (primary N) is 1. The second-order valence-corrected chi connectivity index (χ2v) is 5.69. The molecule has 0 saturated heterocycles. The molecule has 1 aromatic heterocycles. The van der Waals surface area contributed by atoms with E-state index in [0.717, 1.165) is 11.1 Å². The molecule has 0 spiro atoms. The highest BCUT2D eigenvalue weighted by molar-refractivity contribution is 6.30. The van der Waals surface area contributed by atoms with Gasteiger partial charge >= 0.3 is 11.5 Å². The number of fused-ring (bicyclic) bond motifs is 3. The van der Waals surface area contributed by atoms with Crippen molar-refractivity contribution in [3.05, 3.63) is 69.5 Å². The number of aromatic nitrogens is 2. The molecule has 0 aliphatic carbocycles. The first kappa shape index (κ1) is 13.8. The molecular weight excluding hydrogens is 314 g/mol. The average molecular weight is 327 g/mol. The van der Waals surface area contributed by atoms with Crippen LogP contribution in [0.1, 0.15) is 11.7 Å². The number of nitrogens with zero attached hydrogens (tertiary/aromatic N) is 2. The maximum Gasteiger partial charge on any atom is 0.367 e. The Hall–Kier alpha value is -2.86. The van der Waals surface area contributed by atoms with E-state index in [1.807, 2.05) is 41.0 Å². The summed E-state index contributed by atoms with van der Waals surface area (Å²) in [5, 5.41) is 4.11. The van der Waals surface area contributed by atoms with Crippen LogP contribution in [0, 0.1) is 0 Å². The van der Waals surface area contributed by atoms with E-state index in [9.17, 15) is 4.79 Å². The van der Waals surface area contributed by atoms with E-state index in [-0.39, 0.29) is 11.5 Å². The van der Waals surface area contributed by atoms with Gasteiger partial charge in [0.05, 0.1) is 5.39 Å². The molecule has 114 valence electrons. The summed E-state index contributed by atoms with van der Waals surface area (Å²) in [6.45, 7) is 0. The van der Waals surface area contributed by atoms with Gasteiger partial charge in [0.15, 0.2) is 0 Å². The standard InChI is InChI=1S/C16H12ClN5O/c17-10-5-3-4-9(8-10)13-19-15(18)21-16-20-14(23)11-6-1-2-7-12(11)22(13)16/h1-8,13H,(H3,18,19,20,21,23)/p+1/t13-/m1/s1. The minimum absolute atomic E-state index is 0.182. The Morgan fingerprint density at radius 1 is 1.17 bits per heavy atom. The van der Waals surface area contributed by atoms with Crippen LogP contribution in [0.2, 0.25) is 5.02 Å². The zero-order valence-corrected chi connectivity index (χ0v) is 12.7. The van der Waals surface area contributed by atoms with Crippen LogP contribution >= 0.6 is 11.6 Å². The number of H-pyrrole nitrogens is 1. The molecule has 0 fully saturated rings. The van der Waals surface area contributed by atoms with Gasteiger partial charge in [-0.25, -0.2) is 14.9 Å². The van der Waals surface area contributed by atoms with Crippen molar-refractivity contribution in [3.63, 3.8) is 0 Å². The number of hydrogen-bond donors (Lipinski definition) is 3.